The van der Waals surface area contributed by atoms with Crippen LogP contribution in [0.1, 0.15) is 17.3 Å². The topological polar surface area (TPSA) is 83.4 Å². The lowest BCUT2D eigenvalue weighted by molar-refractivity contribution is -0.124. The van der Waals surface area contributed by atoms with E-state index in [1.165, 1.54) is 12.1 Å². The largest absolute Gasteiger partial charge is 0.396 e. The highest BCUT2D eigenvalue weighted by molar-refractivity contribution is 5.82. The number of hydrogen-bond donors (Lipinski definition) is 3. The highest BCUT2D eigenvalue weighted by atomic mass is 19.1. The Bertz CT molecular complexity index is 1190. The smallest absolute Gasteiger partial charge is 0.258 e. The monoisotopic (exact) mass is 433 g/mol. The van der Waals surface area contributed by atoms with Gasteiger partial charge in [-0.2, -0.15) is 0 Å². The van der Waals surface area contributed by atoms with Crippen LogP contribution in [0.4, 0.5) is 4.39 Å². The van der Waals surface area contributed by atoms with Gasteiger partial charge in [0.2, 0.25) is 5.91 Å². The lowest BCUT2D eigenvalue weighted by Gasteiger charge is -2.21. The third kappa shape index (κ3) is 3.53. The summed E-state index contributed by atoms with van der Waals surface area (Å²) in [4.78, 5) is 26.0. The van der Waals surface area contributed by atoms with Gasteiger partial charge in [0.1, 0.15) is 5.82 Å². The highest BCUT2D eigenvalue weighted by Gasteiger charge is 2.50. The van der Waals surface area contributed by atoms with Crippen LogP contribution in [0.15, 0.2) is 71.5 Å². The van der Waals surface area contributed by atoms with E-state index < -0.39 is 6.04 Å². The molecule has 0 spiro atoms. The van der Waals surface area contributed by atoms with E-state index >= 15 is 0 Å². The maximum absolute atomic E-state index is 13.2. The first-order valence-corrected chi connectivity index (χ1v) is 10.7. The molecule has 4 atom stereocenters. The lowest BCUT2D eigenvalue weighted by atomic mass is 9.88. The Morgan fingerprint density at radius 3 is 2.56 bits per heavy atom. The van der Waals surface area contributed by atoms with Crippen LogP contribution in [-0.2, 0) is 17.9 Å². The van der Waals surface area contributed by atoms with Crippen molar-refractivity contribution in [3.63, 3.8) is 0 Å². The second kappa shape index (κ2) is 8.33. The van der Waals surface area contributed by atoms with Crippen LogP contribution in [0, 0.1) is 17.7 Å². The fourth-order valence-corrected chi connectivity index (χ4v) is 4.99. The summed E-state index contributed by atoms with van der Waals surface area (Å²) < 4.78 is 14.8. The number of pyridine rings is 1. The van der Waals surface area contributed by atoms with E-state index in [4.69, 9.17) is 0 Å². The van der Waals surface area contributed by atoms with Crippen molar-refractivity contribution in [2.24, 2.45) is 11.8 Å². The molecular formula is C25H24FN3O3. The third-order valence-electron chi connectivity index (χ3n) is 6.64. The molecule has 3 heterocycles. The van der Waals surface area contributed by atoms with E-state index in [0.29, 0.717) is 12.1 Å². The van der Waals surface area contributed by atoms with Gasteiger partial charge in [0, 0.05) is 42.8 Å². The number of benzene rings is 2. The van der Waals surface area contributed by atoms with Crippen molar-refractivity contribution < 1.29 is 14.3 Å². The number of nitrogens with one attached hydrogen (secondary N) is 2. The molecule has 2 aromatic carbocycles. The van der Waals surface area contributed by atoms with Crippen molar-refractivity contribution in [3.8, 4) is 11.1 Å². The number of rotatable bonds is 5. The zero-order valence-electron chi connectivity index (χ0n) is 17.4. The van der Waals surface area contributed by atoms with Crippen molar-refractivity contribution >= 4 is 5.91 Å². The molecule has 2 aliphatic rings. The number of aromatic nitrogens is 1. The van der Waals surface area contributed by atoms with Crippen LogP contribution in [0.5, 0.6) is 0 Å². The van der Waals surface area contributed by atoms with Crippen molar-refractivity contribution in [1.82, 2.24) is 15.2 Å². The van der Waals surface area contributed by atoms with Gasteiger partial charge in [-0.05, 0) is 35.4 Å². The predicted octanol–water partition coefficient (Wildman–Crippen LogP) is 2.22. The summed E-state index contributed by atoms with van der Waals surface area (Å²) in [7, 11) is 0. The highest BCUT2D eigenvalue weighted by Crippen LogP contribution is 2.42. The van der Waals surface area contributed by atoms with Crippen LogP contribution < -0.4 is 16.2 Å². The van der Waals surface area contributed by atoms with E-state index in [-0.39, 0.29) is 48.3 Å². The Balaban J connectivity index is 1.35. The van der Waals surface area contributed by atoms with Crippen LogP contribution >= 0.6 is 0 Å². The van der Waals surface area contributed by atoms with Crippen molar-refractivity contribution in [2.75, 3.05) is 6.61 Å². The third-order valence-corrected chi connectivity index (χ3v) is 6.64. The van der Waals surface area contributed by atoms with Gasteiger partial charge >= 0.3 is 0 Å². The number of hydrogen-bond acceptors (Lipinski definition) is 4. The van der Waals surface area contributed by atoms with E-state index in [0.717, 1.165) is 16.8 Å². The Hall–Kier alpha value is -3.29. The van der Waals surface area contributed by atoms with E-state index in [9.17, 15) is 19.1 Å². The molecule has 32 heavy (non-hydrogen) atoms. The summed E-state index contributed by atoms with van der Waals surface area (Å²) in [5.74, 6) is -0.902. The fourth-order valence-electron chi connectivity index (χ4n) is 4.99. The number of fused-ring (bicyclic) bond motifs is 3. The average Bonchev–Trinajstić information content (AvgIpc) is 3.36. The summed E-state index contributed by atoms with van der Waals surface area (Å²) in [6, 6.07) is 18.5. The van der Waals surface area contributed by atoms with Gasteiger partial charge in [0.15, 0.2) is 0 Å². The van der Waals surface area contributed by atoms with Crippen molar-refractivity contribution in [2.45, 2.75) is 25.2 Å². The molecule has 0 bridgehead atoms. The number of amides is 1. The number of carbonyl (C=O) groups excluding carboxylic acids is 1. The first kappa shape index (κ1) is 20.6. The zero-order valence-corrected chi connectivity index (χ0v) is 17.4. The fraction of sp³-hybridized carbons (Fsp3) is 0.280. The molecule has 3 N–H and O–H groups in total. The molecule has 0 unspecified atom stereocenters. The first-order chi connectivity index (χ1) is 15.6. The molecule has 1 saturated heterocycles. The maximum atomic E-state index is 13.2. The Kier molecular flexibility index (Phi) is 5.36. The van der Waals surface area contributed by atoms with Gasteiger partial charge in [-0.3, -0.25) is 14.9 Å². The number of carbonyl (C=O) groups is 1. The van der Waals surface area contributed by atoms with Gasteiger partial charge in [-0.25, -0.2) is 4.39 Å². The minimum absolute atomic E-state index is 0.0553. The molecule has 3 aromatic rings. The standard InChI is InChI=1S/C25H24FN3O3/c26-17-8-6-15(7-9-17)12-27-24(31)23-20(14-30)19-13-29-21(22(19)28-23)11-10-18(25(29)32)16-4-2-1-3-5-16/h1-11,19-20,22-23,28,30H,12-14H2,(H,27,31)/t19-,20-,22+,23-/m1/s1. The van der Waals surface area contributed by atoms with Gasteiger partial charge in [0.05, 0.1) is 12.1 Å². The SMILES string of the molecule is O=C(NCc1ccc(F)cc1)[C@@H]1N[C@@H]2c3ccc(-c4ccccc4)c(=O)n3C[C@@H]2[C@H]1CO. The van der Waals surface area contributed by atoms with E-state index in [1.807, 2.05) is 42.5 Å². The molecule has 0 saturated carbocycles. The van der Waals surface area contributed by atoms with Gasteiger partial charge < -0.3 is 15.0 Å². The quantitative estimate of drug-likeness (QED) is 0.576. The maximum Gasteiger partial charge on any atom is 0.258 e. The van der Waals surface area contributed by atoms with Gasteiger partial charge in [-0.1, -0.05) is 42.5 Å². The zero-order chi connectivity index (χ0) is 22.2. The Labute approximate surface area is 184 Å². The van der Waals surface area contributed by atoms with E-state index in [2.05, 4.69) is 10.6 Å². The first-order valence-electron chi connectivity index (χ1n) is 10.7. The molecule has 1 aromatic heterocycles. The molecule has 2 aliphatic heterocycles. The summed E-state index contributed by atoms with van der Waals surface area (Å²) >= 11 is 0. The summed E-state index contributed by atoms with van der Waals surface area (Å²) in [6.45, 7) is 0.581. The van der Waals surface area contributed by atoms with Gasteiger partial charge in [0.25, 0.3) is 5.56 Å². The molecule has 164 valence electrons. The molecule has 1 fully saturated rings. The molecule has 0 aliphatic carbocycles. The van der Waals surface area contributed by atoms with E-state index in [1.54, 1.807) is 16.7 Å². The molecule has 5 rings (SSSR count). The molecule has 7 heteroatoms. The van der Waals surface area contributed by atoms with Crippen LogP contribution in [0.25, 0.3) is 11.1 Å². The van der Waals surface area contributed by atoms with Crippen molar-refractivity contribution in [3.05, 3.63) is 94.2 Å². The minimum atomic E-state index is -0.562. The number of nitrogens with zero attached hydrogens (tertiary/aromatic N) is 1. The van der Waals surface area contributed by atoms with Crippen LogP contribution in [0.2, 0.25) is 0 Å². The normalized spacial score (nSPS) is 23.6. The second-order valence-electron chi connectivity index (χ2n) is 8.43. The molecular weight excluding hydrogens is 409 g/mol. The van der Waals surface area contributed by atoms with Crippen LogP contribution in [0.3, 0.4) is 0 Å². The minimum Gasteiger partial charge on any atom is -0.396 e. The van der Waals surface area contributed by atoms with Crippen LogP contribution in [-0.4, -0.2) is 28.2 Å². The van der Waals surface area contributed by atoms with Crippen molar-refractivity contribution in [1.29, 1.82) is 0 Å². The Morgan fingerprint density at radius 2 is 1.84 bits per heavy atom. The number of halogens is 1. The lowest BCUT2D eigenvalue weighted by Crippen LogP contribution is -2.46. The summed E-state index contributed by atoms with van der Waals surface area (Å²) in [5.41, 5.74) is 3.09. The number of aliphatic hydroxyl groups is 1. The summed E-state index contributed by atoms with van der Waals surface area (Å²) in [6.07, 6.45) is 0. The second-order valence-corrected chi connectivity index (χ2v) is 8.43. The Morgan fingerprint density at radius 1 is 1.09 bits per heavy atom. The molecule has 6 nitrogen and oxygen atoms in total. The molecule has 1 amide bonds. The van der Waals surface area contributed by atoms with Gasteiger partial charge in [-0.15, -0.1) is 0 Å². The summed E-state index contributed by atoms with van der Waals surface area (Å²) in [5, 5.41) is 16.3. The predicted molar refractivity (Wildman–Crippen MR) is 118 cm³/mol. The average molecular weight is 433 g/mol. The molecule has 0 radical (unpaired) electrons. The number of aliphatic hydroxyl groups excluding tert-OH is 1.